The third-order valence-corrected chi connectivity index (χ3v) is 4.20. The minimum absolute atomic E-state index is 0.0329. The van der Waals surface area contributed by atoms with Crippen LogP contribution in [0.15, 0.2) is 47.4 Å². The summed E-state index contributed by atoms with van der Waals surface area (Å²) < 4.78 is 42.2. The van der Waals surface area contributed by atoms with Crippen molar-refractivity contribution in [1.82, 2.24) is 0 Å². The van der Waals surface area contributed by atoms with Gasteiger partial charge in [0.25, 0.3) is 10.1 Å². The fourth-order valence-corrected chi connectivity index (χ4v) is 2.65. The van der Waals surface area contributed by atoms with E-state index in [2.05, 4.69) is 0 Å². The molecule has 0 spiro atoms. The van der Waals surface area contributed by atoms with E-state index in [4.69, 9.17) is 15.8 Å². The molecule has 0 aliphatic rings. The molecule has 3 nitrogen and oxygen atoms in total. The number of halogens is 2. The normalized spacial score (nSPS) is 11.6. The third-order valence-electron chi connectivity index (χ3n) is 2.69. The van der Waals surface area contributed by atoms with Crippen molar-refractivity contribution < 1.29 is 17.0 Å². The second kappa shape index (κ2) is 5.91. The maximum Gasteiger partial charge on any atom is 0.297 e. The second-order valence-electron chi connectivity index (χ2n) is 4.27. The molecule has 2 aromatic carbocycles. The van der Waals surface area contributed by atoms with Crippen molar-refractivity contribution >= 4 is 21.7 Å². The number of hydrogen-bond acceptors (Lipinski definition) is 3. The van der Waals surface area contributed by atoms with Gasteiger partial charge in [0, 0.05) is 10.6 Å². The smallest absolute Gasteiger partial charge is 0.261 e. The number of hydrogen-bond donors (Lipinski definition) is 0. The highest BCUT2D eigenvalue weighted by atomic mass is 35.5. The Balaban J connectivity index is 2.17. The molecule has 0 N–H and O–H groups in total. The summed E-state index contributed by atoms with van der Waals surface area (Å²) in [5.74, 6) is -0.562. The molecule has 0 radical (unpaired) electrons. The Morgan fingerprint density at radius 1 is 1.15 bits per heavy atom. The highest BCUT2D eigenvalue weighted by Crippen LogP contribution is 2.19. The zero-order valence-corrected chi connectivity index (χ0v) is 12.2. The van der Waals surface area contributed by atoms with Crippen LogP contribution in [0.25, 0.3) is 0 Å². The predicted octanol–water partition coefficient (Wildman–Crippen LogP) is 3.69. The van der Waals surface area contributed by atoms with Gasteiger partial charge < -0.3 is 0 Å². The van der Waals surface area contributed by atoms with Crippen LogP contribution < -0.4 is 0 Å². The van der Waals surface area contributed by atoms with Crippen LogP contribution in [0.2, 0.25) is 5.02 Å². The summed E-state index contributed by atoms with van der Waals surface area (Å²) in [6.45, 7) is 1.45. The van der Waals surface area contributed by atoms with Gasteiger partial charge in [0.2, 0.25) is 0 Å². The monoisotopic (exact) mass is 314 g/mol. The summed E-state index contributed by atoms with van der Waals surface area (Å²) in [5, 5.41) is 0.317. The van der Waals surface area contributed by atoms with E-state index in [1.54, 1.807) is 12.1 Å². The first-order chi connectivity index (χ1) is 9.38. The lowest BCUT2D eigenvalue weighted by molar-refractivity contribution is 0.302. The summed E-state index contributed by atoms with van der Waals surface area (Å²) in [4.78, 5) is 0.0329. The van der Waals surface area contributed by atoms with Crippen LogP contribution in [-0.2, 0) is 20.9 Å². The molecule has 2 aromatic rings. The average molecular weight is 315 g/mol. The Morgan fingerprint density at radius 3 is 2.45 bits per heavy atom. The van der Waals surface area contributed by atoms with Crippen molar-refractivity contribution in [2.75, 3.05) is 0 Å². The Hall–Kier alpha value is -1.43. The van der Waals surface area contributed by atoms with Gasteiger partial charge in [-0.1, -0.05) is 29.3 Å². The zero-order chi connectivity index (χ0) is 14.8. The second-order valence-corrected chi connectivity index (χ2v) is 6.32. The van der Waals surface area contributed by atoms with E-state index in [0.717, 1.165) is 5.56 Å². The standard InChI is InChI=1S/C14H12ClFO3S/c1-10-2-5-13(6-3-10)20(17,18)19-9-11-8-12(15)4-7-14(11)16/h2-8H,9H2,1H3. The minimum atomic E-state index is -3.91. The van der Waals surface area contributed by atoms with Crippen molar-refractivity contribution in [3.8, 4) is 0 Å². The quantitative estimate of drug-likeness (QED) is 0.808. The van der Waals surface area contributed by atoms with Gasteiger partial charge in [0.05, 0.1) is 11.5 Å². The van der Waals surface area contributed by atoms with E-state index in [0.29, 0.717) is 5.02 Å². The molecule has 0 unspecified atom stereocenters. The topological polar surface area (TPSA) is 43.4 Å². The van der Waals surface area contributed by atoms with Gasteiger partial charge in [0.1, 0.15) is 5.82 Å². The van der Waals surface area contributed by atoms with Crippen molar-refractivity contribution in [2.24, 2.45) is 0 Å². The number of benzene rings is 2. The molecule has 0 fully saturated rings. The van der Waals surface area contributed by atoms with Gasteiger partial charge in [-0.2, -0.15) is 8.42 Å². The van der Waals surface area contributed by atoms with E-state index in [-0.39, 0.29) is 10.5 Å². The minimum Gasteiger partial charge on any atom is -0.261 e. The van der Waals surface area contributed by atoms with Crippen LogP contribution >= 0.6 is 11.6 Å². The average Bonchev–Trinajstić information content (AvgIpc) is 2.40. The molecule has 2 rings (SSSR count). The van der Waals surface area contributed by atoms with Crippen LogP contribution in [0.4, 0.5) is 4.39 Å². The van der Waals surface area contributed by atoms with Gasteiger partial charge in [-0.15, -0.1) is 0 Å². The summed E-state index contributed by atoms with van der Waals surface area (Å²) in [5.41, 5.74) is 1.03. The molecular weight excluding hydrogens is 303 g/mol. The first-order valence-corrected chi connectivity index (χ1v) is 7.57. The molecule has 0 aromatic heterocycles. The summed E-state index contributed by atoms with van der Waals surface area (Å²) >= 11 is 5.73. The molecule has 0 saturated carbocycles. The first-order valence-electron chi connectivity index (χ1n) is 5.78. The van der Waals surface area contributed by atoms with Gasteiger partial charge in [-0.3, -0.25) is 4.18 Å². The van der Waals surface area contributed by atoms with Gasteiger partial charge in [0.15, 0.2) is 0 Å². The van der Waals surface area contributed by atoms with E-state index in [1.165, 1.54) is 30.3 Å². The zero-order valence-electron chi connectivity index (χ0n) is 10.6. The summed E-state index contributed by atoms with van der Waals surface area (Å²) in [6.07, 6.45) is 0. The molecular formula is C14H12ClFO3S. The molecule has 20 heavy (non-hydrogen) atoms. The first kappa shape index (κ1) is 15.0. The molecule has 0 atom stereocenters. The van der Waals surface area contributed by atoms with E-state index < -0.39 is 22.5 Å². The van der Waals surface area contributed by atoms with Crippen LogP contribution in [0.1, 0.15) is 11.1 Å². The maximum absolute atomic E-state index is 13.5. The van der Waals surface area contributed by atoms with Crippen LogP contribution in [0.5, 0.6) is 0 Å². The van der Waals surface area contributed by atoms with Crippen molar-refractivity contribution in [1.29, 1.82) is 0 Å². The highest BCUT2D eigenvalue weighted by Gasteiger charge is 2.16. The predicted molar refractivity (Wildman–Crippen MR) is 74.6 cm³/mol. The molecule has 0 aliphatic carbocycles. The SMILES string of the molecule is Cc1ccc(S(=O)(=O)OCc2cc(Cl)ccc2F)cc1. The maximum atomic E-state index is 13.5. The lowest BCUT2D eigenvalue weighted by Gasteiger charge is -2.07. The molecule has 106 valence electrons. The number of aryl methyl sites for hydroxylation is 1. The van der Waals surface area contributed by atoms with Gasteiger partial charge in [-0.05, 0) is 37.3 Å². The Kier molecular flexibility index (Phi) is 4.42. The van der Waals surface area contributed by atoms with Gasteiger partial charge in [-0.25, -0.2) is 4.39 Å². The van der Waals surface area contributed by atoms with Crippen molar-refractivity contribution in [2.45, 2.75) is 18.4 Å². The lowest BCUT2D eigenvalue weighted by Crippen LogP contribution is -2.07. The molecule has 0 aliphatic heterocycles. The van der Waals surface area contributed by atoms with Crippen LogP contribution in [0.3, 0.4) is 0 Å². The van der Waals surface area contributed by atoms with E-state index in [1.807, 2.05) is 6.92 Å². The van der Waals surface area contributed by atoms with E-state index >= 15 is 0 Å². The third kappa shape index (κ3) is 3.56. The summed E-state index contributed by atoms with van der Waals surface area (Å²) in [7, 11) is -3.91. The fourth-order valence-electron chi connectivity index (χ4n) is 1.57. The van der Waals surface area contributed by atoms with Crippen molar-refractivity contribution in [3.05, 3.63) is 64.4 Å². The molecule has 0 heterocycles. The van der Waals surface area contributed by atoms with Crippen LogP contribution in [0, 0.1) is 12.7 Å². The van der Waals surface area contributed by atoms with E-state index in [9.17, 15) is 12.8 Å². The molecule has 6 heteroatoms. The molecule has 0 amide bonds. The Morgan fingerprint density at radius 2 is 1.80 bits per heavy atom. The van der Waals surface area contributed by atoms with Gasteiger partial charge >= 0.3 is 0 Å². The Bertz CT molecular complexity index is 712. The Labute approximate surface area is 122 Å². The molecule has 0 bridgehead atoms. The summed E-state index contributed by atoms with van der Waals surface area (Å²) in [6, 6.07) is 10.1. The largest absolute Gasteiger partial charge is 0.297 e. The highest BCUT2D eigenvalue weighted by molar-refractivity contribution is 7.86. The molecule has 0 saturated heterocycles. The lowest BCUT2D eigenvalue weighted by atomic mass is 10.2. The van der Waals surface area contributed by atoms with Crippen molar-refractivity contribution in [3.63, 3.8) is 0 Å². The number of rotatable bonds is 4. The van der Waals surface area contributed by atoms with Crippen LogP contribution in [-0.4, -0.2) is 8.42 Å². The fraction of sp³-hybridized carbons (Fsp3) is 0.143.